The third-order valence-electron chi connectivity index (χ3n) is 4.71. The van der Waals surface area contributed by atoms with Gasteiger partial charge in [-0.3, -0.25) is 9.69 Å². The smallest absolute Gasteiger partial charge is 0.253 e. The summed E-state index contributed by atoms with van der Waals surface area (Å²) in [5.74, 6) is 0.0845. The fraction of sp³-hybridized carbons (Fsp3) is 0.474. The first-order chi connectivity index (χ1) is 12.8. The summed E-state index contributed by atoms with van der Waals surface area (Å²) < 4.78 is 11.1. The molecule has 0 bridgehead atoms. The maximum absolute atomic E-state index is 12.6. The Hall–Kier alpha value is -1.80. The molecule has 0 N–H and O–H groups in total. The summed E-state index contributed by atoms with van der Waals surface area (Å²) in [5.41, 5.74) is 2.19. The molecule has 7 heteroatoms. The topological polar surface area (TPSA) is 54.9 Å². The number of aromatic nitrogens is 1. The van der Waals surface area contributed by atoms with Crippen LogP contribution in [0.3, 0.4) is 0 Å². The monoisotopic (exact) mass is 373 g/mol. The fourth-order valence-corrected chi connectivity index (χ4v) is 4.12. The minimum absolute atomic E-state index is 0.0845. The molecule has 1 aromatic carbocycles. The molecule has 4 rings (SSSR count). The second kappa shape index (κ2) is 8.26. The van der Waals surface area contributed by atoms with Gasteiger partial charge in [-0.25, -0.2) is 4.98 Å². The van der Waals surface area contributed by atoms with Crippen molar-refractivity contribution in [2.75, 3.05) is 46.0 Å². The molecule has 6 nitrogen and oxygen atoms in total. The molecule has 1 unspecified atom stereocenters. The zero-order chi connectivity index (χ0) is 17.8. The van der Waals surface area contributed by atoms with Gasteiger partial charge < -0.3 is 14.4 Å². The number of carbonyl (C=O) groups is 1. The summed E-state index contributed by atoms with van der Waals surface area (Å²) in [4.78, 5) is 21.5. The van der Waals surface area contributed by atoms with Gasteiger partial charge in [0.1, 0.15) is 11.1 Å². The van der Waals surface area contributed by atoms with E-state index in [0.717, 1.165) is 29.4 Å². The summed E-state index contributed by atoms with van der Waals surface area (Å²) >= 11 is 1.66. The van der Waals surface area contributed by atoms with Crippen LogP contribution in [0.1, 0.15) is 5.69 Å². The predicted octanol–water partition coefficient (Wildman–Crippen LogP) is 1.87. The van der Waals surface area contributed by atoms with Gasteiger partial charge in [-0.15, -0.1) is 11.3 Å². The van der Waals surface area contributed by atoms with Gasteiger partial charge in [0, 0.05) is 43.7 Å². The number of amides is 1. The van der Waals surface area contributed by atoms with E-state index < -0.39 is 0 Å². The molecule has 1 amide bonds. The van der Waals surface area contributed by atoms with E-state index in [2.05, 4.69) is 22.4 Å². The molecular formula is C19H23N3O3S. The molecule has 1 atom stereocenters. The number of hydrogen-bond donors (Lipinski definition) is 0. The Bertz CT molecular complexity index is 731. The highest BCUT2D eigenvalue weighted by Gasteiger charge is 2.31. The van der Waals surface area contributed by atoms with Crippen LogP contribution in [-0.4, -0.2) is 72.8 Å². The van der Waals surface area contributed by atoms with Crippen LogP contribution in [0.4, 0.5) is 0 Å². The highest BCUT2D eigenvalue weighted by atomic mass is 32.1. The van der Waals surface area contributed by atoms with Crippen LogP contribution in [-0.2, 0) is 20.8 Å². The van der Waals surface area contributed by atoms with E-state index in [1.54, 1.807) is 11.3 Å². The molecule has 2 aliphatic heterocycles. The first-order valence-electron chi connectivity index (χ1n) is 9.00. The Morgan fingerprint density at radius 1 is 1.15 bits per heavy atom. The number of thiazole rings is 1. The number of rotatable bonds is 4. The Kier molecular flexibility index (Phi) is 5.59. The van der Waals surface area contributed by atoms with Crippen LogP contribution >= 0.6 is 11.3 Å². The standard InChI is InChI=1S/C19H23N3O3S/c23-19(22-7-9-24-10-8-22)17-13-21(6-11-25-17)12-16-14-26-18(20-16)15-4-2-1-3-5-15/h1-5,14,17H,6-13H2. The maximum Gasteiger partial charge on any atom is 0.253 e. The van der Waals surface area contributed by atoms with Crippen molar-refractivity contribution in [1.29, 1.82) is 0 Å². The molecule has 0 aliphatic carbocycles. The van der Waals surface area contributed by atoms with Gasteiger partial charge in [-0.05, 0) is 0 Å². The van der Waals surface area contributed by atoms with Gasteiger partial charge >= 0.3 is 0 Å². The Morgan fingerprint density at radius 2 is 1.96 bits per heavy atom. The number of benzene rings is 1. The average molecular weight is 373 g/mol. The number of morpholine rings is 2. The summed E-state index contributed by atoms with van der Waals surface area (Å²) in [6.07, 6.45) is -0.380. The molecular weight excluding hydrogens is 350 g/mol. The molecule has 2 aromatic rings. The Balaban J connectivity index is 1.36. The predicted molar refractivity (Wildman–Crippen MR) is 100.0 cm³/mol. The van der Waals surface area contributed by atoms with Gasteiger partial charge in [0.25, 0.3) is 5.91 Å². The zero-order valence-corrected chi connectivity index (χ0v) is 15.5. The fourth-order valence-electron chi connectivity index (χ4n) is 3.30. The van der Waals surface area contributed by atoms with Crippen LogP contribution in [0.15, 0.2) is 35.7 Å². The second-order valence-corrected chi connectivity index (χ2v) is 7.40. The van der Waals surface area contributed by atoms with Gasteiger partial charge in [0.15, 0.2) is 0 Å². The summed E-state index contributed by atoms with van der Waals surface area (Å²) in [7, 11) is 0. The van der Waals surface area contributed by atoms with Crippen molar-refractivity contribution in [1.82, 2.24) is 14.8 Å². The lowest BCUT2D eigenvalue weighted by atomic mass is 10.2. The van der Waals surface area contributed by atoms with Gasteiger partial charge in [0.2, 0.25) is 0 Å². The van der Waals surface area contributed by atoms with Crippen molar-refractivity contribution in [3.63, 3.8) is 0 Å². The molecule has 2 saturated heterocycles. The molecule has 26 heavy (non-hydrogen) atoms. The molecule has 1 aromatic heterocycles. The number of nitrogens with zero attached hydrogens (tertiary/aromatic N) is 3. The van der Waals surface area contributed by atoms with E-state index in [1.807, 2.05) is 23.1 Å². The minimum Gasteiger partial charge on any atom is -0.378 e. The average Bonchev–Trinajstić information content (AvgIpc) is 3.17. The summed E-state index contributed by atoms with van der Waals surface area (Å²) in [6.45, 7) is 5.32. The van der Waals surface area contributed by atoms with E-state index in [1.165, 1.54) is 0 Å². The van der Waals surface area contributed by atoms with Crippen molar-refractivity contribution in [2.45, 2.75) is 12.6 Å². The molecule has 3 heterocycles. The van der Waals surface area contributed by atoms with Crippen molar-refractivity contribution < 1.29 is 14.3 Å². The summed E-state index contributed by atoms with van der Waals surface area (Å²) in [5, 5.41) is 3.14. The van der Waals surface area contributed by atoms with Gasteiger partial charge in [0.05, 0.1) is 25.5 Å². The molecule has 138 valence electrons. The number of ether oxygens (including phenoxy) is 2. The first-order valence-corrected chi connectivity index (χ1v) is 9.88. The quantitative estimate of drug-likeness (QED) is 0.819. The highest BCUT2D eigenvalue weighted by molar-refractivity contribution is 7.13. The molecule has 0 radical (unpaired) electrons. The van der Waals surface area contributed by atoms with E-state index in [4.69, 9.17) is 14.5 Å². The van der Waals surface area contributed by atoms with Crippen LogP contribution in [0.5, 0.6) is 0 Å². The van der Waals surface area contributed by atoms with Crippen molar-refractivity contribution in [3.8, 4) is 10.6 Å². The molecule has 2 aliphatic rings. The third kappa shape index (κ3) is 4.12. The molecule has 0 spiro atoms. The minimum atomic E-state index is -0.380. The van der Waals surface area contributed by atoms with E-state index in [9.17, 15) is 4.79 Å². The van der Waals surface area contributed by atoms with Crippen molar-refractivity contribution >= 4 is 17.2 Å². The normalized spacial score (nSPS) is 21.7. The van der Waals surface area contributed by atoms with Crippen molar-refractivity contribution in [3.05, 3.63) is 41.4 Å². The maximum atomic E-state index is 12.6. The van der Waals surface area contributed by atoms with Crippen LogP contribution in [0.25, 0.3) is 10.6 Å². The molecule has 0 saturated carbocycles. The largest absolute Gasteiger partial charge is 0.378 e. The van der Waals surface area contributed by atoms with Gasteiger partial charge in [-0.2, -0.15) is 0 Å². The number of hydrogen-bond acceptors (Lipinski definition) is 6. The van der Waals surface area contributed by atoms with E-state index >= 15 is 0 Å². The van der Waals surface area contributed by atoms with Crippen LogP contribution in [0.2, 0.25) is 0 Å². The Labute approximate surface area is 157 Å². The first kappa shape index (κ1) is 17.6. The van der Waals surface area contributed by atoms with Crippen molar-refractivity contribution in [2.24, 2.45) is 0 Å². The van der Waals surface area contributed by atoms with E-state index in [0.29, 0.717) is 39.5 Å². The lowest BCUT2D eigenvalue weighted by Gasteiger charge is -2.35. The molecule has 2 fully saturated rings. The SMILES string of the molecule is O=C(C1CN(Cc2csc(-c3ccccc3)n2)CCO1)N1CCOCC1. The van der Waals surface area contributed by atoms with Crippen LogP contribution in [0, 0.1) is 0 Å². The number of carbonyl (C=O) groups excluding carboxylic acids is 1. The lowest BCUT2D eigenvalue weighted by molar-refractivity contribution is -0.153. The zero-order valence-electron chi connectivity index (χ0n) is 14.7. The lowest BCUT2D eigenvalue weighted by Crippen LogP contribution is -2.53. The highest BCUT2D eigenvalue weighted by Crippen LogP contribution is 2.24. The Morgan fingerprint density at radius 3 is 2.77 bits per heavy atom. The van der Waals surface area contributed by atoms with Gasteiger partial charge in [-0.1, -0.05) is 30.3 Å². The van der Waals surface area contributed by atoms with E-state index in [-0.39, 0.29) is 12.0 Å². The summed E-state index contributed by atoms with van der Waals surface area (Å²) in [6, 6.07) is 10.2. The third-order valence-corrected chi connectivity index (χ3v) is 5.65. The van der Waals surface area contributed by atoms with Crippen LogP contribution < -0.4 is 0 Å². The second-order valence-electron chi connectivity index (χ2n) is 6.54.